The third kappa shape index (κ3) is 6.71. The quantitative estimate of drug-likeness (QED) is 0.441. The van der Waals surface area contributed by atoms with Crippen molar-refractivity contribution in [3.05, 3.63) is 83.9 Å². The molecule has 1 amide bonds. The van der Waals surface area contributed by atoms with E-state index in [0.717, 1.165) is 29.1 Å². The SMILES string of the molecule is CCOC(=O)[C@H](C)CC(Cc1ccc(-c2ccccc2)cc1)NC(=O)c1cc(C(=O)O)ncn1. The number of aromatic nitrogens is 2. The second-order valence-corrected chi connectivity index (χ2v) is 7.92. The average molecular weight is 462 g/mol. The summed E-state index contributed by atoms with van der Waals surface area (Å²) in [5, 5.41) is 12.0. The van der Waals surface area contributed by atoms with E-state index in [0.29, 0.717) is 12.8 Å². The summed E-state index contributed by atoms with van der Waals surface area (Å²) < 4.78 is 5.11. The largest absolute Gasteiger partial charge is 0.477 e. The van der Waals surface area contributed by atoms with Gasteiger partial charge in [-0.2, -0.15) is 0 Å². The molecule has 0 aliphatic rings. The number of benzene rings is 2. The van der Waals surface area contributed by atoms with E-state index < -0.39 is 23.8 Å². The molecule has 0 saturated heterocycles. The van der Waals surface area contributed by atoms with Gasteiger partial charge in [-0.15, -0.1) is 0 Å². The van der Waals surface area contributed by atoms with Crippen LogP contribution in [0.1, 0.15) is 46.8 Å². The number of aromatic carboxylic acids is 1. The van der Waals surface area contributed by atoms with E-state index in [1.54, 1.807) is 13.8 Å². The molecule has 0 radical (unpaired) electrons. The molecule has 176 valence electrons. The Morgan fingerprint density at radius 3 is 2.26 bits per heavy atom. The molecule has 2 atom stereocenters. The van der Waals surface area contributed by atoms with Crippen molar-refractivity contribution in [3.8, 4) is 11.1 Å². The number of hydrogen-bond acceptors (Lipinski definition) is 6. The minimum absolute atomic E-state index is 0.0550. The first-order chi connectivity index (χ1) is 16.4. The summed E-state index contributed by atoms with van der Waals surface area (Å²) in [7, 11) is 0. The molecule has 0 bridgehead atoms. The number of hydrogen-bond donors (Lipinski definition) is 2. The maximum atomic E-state index is 12.8. The summed E-state index contributed by atoms with van der Waals surface area (Å²) in [6.07, 6.45) is 1.86. The van der Waals surface area contributed by atoms with Gasteiger partial charge < -0.3 is 15.2 Å². The third-order valence-corrected chi connectivity index (χ3v) is 5.32. The van der Waals surface area contributed by atoms with Crippen LogP contribution in [-0.4, -0.2) is 45.6 Å². The molecule has 8 heteroatoms. The Bertz CT molecular complexity index is 1130. The molecule has 0 aliphatic carbocycles. The first-order valence-corrected chi connectivity index (χ1v) is 11.0. The third-order valence-electron chi connectivity index (χ3n) is 5.32. The van der Waals surface area contributed by atoms with Crippen LogP contribution in [0.2, 0.25) is 0 Å². The molecule has 1 aromatic heterocycles. The van der Waals surface area contributed by atoms with E-state index in [4.69, 9.17) is 9.84 Å². The van der Waals surface area contributed by atoms with Crippen molar-refractivity contribution in [1.82, 2.24) is 15.3 Å². The molecule has 8 nitrogen and oxygen atoms in total. The Morgan fingerprint density at radius 2 is 1.62 bits per heavy atom. The van der Waals surface area contributed by atoms with Crippen LogP contribution in [0.25, 0.3) is 11.1 Å². The number of ether oxygens (including phenoxy) is 1. The molecular weight excluding hydrogens is 434 g/mol. The number of carboxylic acid groups (broad SMARTS) is 1. The predicted molar refractivity (Wildman–Crippen MR) is 126 cm³/mol. The molecule has 3 rings (SSSR count). The fourth-order valence-electron chi connectivity index (χ4n) is 3.61. The van der Waals surface area contributed by atoms with Crippen LogP contribution in [0.4, 0.5) is 0 Å². The second kappa shape index (κ2) is 11.7. The molecule has 0 aliphatic heterocycles. The lowest BCUT2D eigenvalue weighted by atomic mass is 9.94. The number of amides is 1. The van der Waals surface area contributed by atoms with Crippen molar-refractivity contribution in [1.29, 1.82) is 0 Å². The van der Waals surface area contributed by atoms with Crippen LogP contribution >= 0.6 is 0 Å². The standard InChI is InChI=1S/C26H27N3O5/c1-3-34-26(33)17(2)13-21(29-24(30)22-15-23(25(31)32)28-16-27-22)14-18-9-11-20(12-10-18)19-7-5-4-6-8-19/h4-12,15-17,21H,3,13-14H2,1-2H3,(H,29,30)(H,31,32)/t17-,21?/m1/s1. The van der Waals surface area contributed by atoms with E-state index in [1.807, 2.05) is 54.6 Å². The lowest BCUT2D eigenvalue weighted by Crippen LogP contribution is -2.39. The lowest BCUT2D eigenvalue weighted by molar-refractivity contribution is -0.147. The number of carboxylic acids is 1. The maximum Gasteiger partial charge on any atom is 0.354 e. The Hall–Kier alpha value is -4.07. The van der Waals surface area contributed by atoms with E-state index in [-0.39, 0.29) is 24.0 Å². The predicted octanol–water partition coefficient (Wildman–Crippen LogP) is 3.77. The van der Waals surface area contributed by atoms with Crippen LogP contribution in [0.15, 0.2) is 67.0 Å². The summed E-state index contributed by atoms with van der Waals surface area (Å²) >= 11 is 0. The highest BCUT2D eigenvalue weighted by atomic mass is 16.5. The summed E-state index contributed by atoms with van der Waals surface area (Å²) in [4.78, 5) is 43.7. The zero-order valence-corrected chi connectivity index (χ0v) is 19.1. The Kier molecular flexibility index (Phi) is 8.45. The minimum atomic E-state index is -1.25. The van der Waals surface area contributed by atoms with Crippen LogP contribution in [0.5, 0.6) is 0 Å². The van der Waals surface area contributed by atoms with Crippen molar-refractivity contribution in [2.45, 2.75) is 32.7 Å². The van der Waals surface area contributed by atoms with Crippen LogP contribution in [0, 0.1) is 5.92 Å². The summed E-state index contributed by atoms with van der Waals surface area (Å²) in [5.74, 6) is -2.56. The molecule has 34 heavy (non-hydrogen) atoms. The topological polar surface area (TPSA) is 118 Å². The number of nitrogens with zero attached hydrogens (tertiary/aromatic N) is 2. The smallest absolute Gasteiger partial charge is 0.354 e. The fourth-order valence-corrected chi connectivity index (χ4v) is 3.61. The second-order valence-electron chi connectivity index (χ2n) is 7.92. The molecule has 2 aromatic carbocycles. The lowest BCUT2D eigenvalue weighted by Gasteiger charge is -2.22. The monoisotopic (exact) mass is 461 g/mol. The highest BCUT2D eigenvalue weighted by molar-refractivity contribution is 5.95. The van der Waals surface area contributed by atoms with Gasteiger partial charge in [0.2, 0.25) is 0 Å². The Labute approximate surface area is 198 Å². The number of nitrogens with one attached hydrogen (secondary N) is 1. The Morgan fingerprint density at radius 1 is 0.971 bits per heavy atom. The van der Waals surface area contributed by atoms with Gasteiger partial charge in [-0.25, -0.2) is 14.8 Å². The number of esters is 1. The molecule has 2 N–H and O–H groups in total. The maximum absolute atomic E-state index is 12.8. The first-order valence-electron chi connectivity index (χ1n) is 11.0. The molecule has 0 fully saturated rings. The van der Waals surface area contributed by atoms with Gasteiger partial charge in [-0.3, -0.25) is 9.59 Å². The summed E-state index contributed by atoms with van der Waals surface area (Å²) in [6.45, 7) is 3.77. The van der Waals surface area contributed by atoms with Crippen molar-refractivity contribution < 1.29 is 24.2 Å². The van der Waals surface area contributed by atoms with Gasteiger partial charge in [-0.1, -0.05) is 61.5 Å². The molecule has 0 saturated carbocycles. The van der Waals surface area contributed by atoms with Gasteiger partial charge in [0.05, 0.1) is 12.5 Å². The van der Waals surface area contributed by atoms with Crippen LogP contribution in [0.3, 0.4) is 0 Å². The average Bonchev–Trinajstić information content (AvgIpc) is 2.85. The van der Waals surface area contributed by atoms with E-state index >= 15 is 0 Å². The molecule has 1 unspecified atom stereocenters. The van der Waals surface area contributed by atoms with E-state index in [1.165, 1.54) is 0 Å². The zero-order valence-electron chi connectivity index (χ0n) is 19.1. The van der Waals surface area contributed by atoms with Crippen LogP contribution < -0.4 is 5.32 Å². The van der Waals surface area contributed by atoms with Crippen molar-refractivity contribution in [3.63, 3.8) is 0 Å². The van der Waals surface area contributed by atoms with E-state index in [9.17, 15) is 14.4 Å². The zero-order chi connectivity index (χ0) is 24.5. The summed E-state index contributed by atoms with van der Waals surface area (Å²) in [5.41, 5.74) is 2.84. The normalized spacial score (nSPS) is 12.4. The van der Waals surface area contributed by atoms with Gasteiger partial charge in [0.15, 0.2) is 5.69 Å². The summed E-state index contributed by atoms with van der Waals surface area (Å²) in [6, 6.07) is 18.7. The van der Waals surface area contributed by atoms with Crippen LogP contribution in [-0.2, 0) is 16.0 Å². The van der Waals surface area contributed by atoms with Crippen molar-refractivity contribution >= 4 is 17.8 Å². The van der Waals surface area contributed by atoms with Crippen molar-refractivity contribution in [2.24, 2.45) is 5.92 Å². The number of carbonyl (C=O) groups excluding carboxylic acids is 2. The molecule has 0 spiro atoms. The van der Waals surface area contributed by atoms with Gasteiger partial charge in [0, 0.05) is 12.1 Å². The van der Waals surface area contributed by atoms with Gasteiger partial charge in [0.1, 0.15) is 12.0 Å². The molecule has 1 heterocycles. The minimum Gasteiger partial charge on any atom is -0.477 e. The highest BCUT2D eigenvalue weighted by Gasteiger charge is 2.23. The first kappa shape index (κ1) is 24.6. The van der Waals surface area contributed by atoms with E-state index in [2.05, 4.69) is 15.3 Å². The fraction of sp³-hybridized carbons (Fsp3) is 0.269. The highest BCUT2D eigenvalue weighted by Crippen LogP contribution is 2.21. The molecule has 3 aromatic rings. The number of rotatable bonds is 10. The van der Waals surface area contributed by atoms with Gasteiger partial charge in [0.25, 0.3) is 5.91 Å². The van der Waals surface area contributed by atoms with Gasteiger partial charge in [-0.05, 0) is 36.5 Å². The van der Waals surface area contributed by atoms with Gasteiger partial charge >= 0.3 is 11.9 Å². The number of carbonyl (C=O) groups is 3. The molecular formula is C26H27N3O5. The Balaban J connectivity index is 1.77. The van der Waals surface area contributed by atoms with Crippen molar-refractivity contribution in [2.75, 3.05) is 6.61 Å².